The van der Waals surface area contributed by atoms with E-state index in [2.05, 4.69) is 4.74 Å². The minimum atomic E-state index is -4.27. The maximum atomic E-state index is 12.9. The van der Waals surface area contributed by atoms with E-state index in [1.807, 2.05) is 0 Å². The first-order valence-electron chi connectivity index (χ1n) is 5.18. The Morgan fingerprint density at radius 3 is 2.00 bits per heavy atom. The molecular formula is C10H15F2NO6. The molecular weight excluding hydrogens is 268 g/mol. The lowest BCUT2D eigenvalue weighted by molar-refractivity contribution is -0.168. The summed E-state index contributed by atoms with van der Waals surface area (Å²) >= 11 is 0. The first kappa shape index (κ1) is 17.1. The highest BCUT2D eigenvalue weighted by Gasteiger charge is 2.44. The molecule has 0 unspecified atom stereocenters. The number of carboxylic acids is 2. The zero-order chi connectivity index (χ0) is 15.4. The quantitative estimate of drug-likeness (QED) is 0.695. The average molecular weight is 283 g/mol. The number of carboxylic acid groups (broad SMARTS) is 2. The summed E-state index contributed by atoms with van der Waals surface area (Å²) in [6.45, 7) is 4.48. The number of aliphatic carboxylic acids is 2. The summed E-state index contributed by atoms with van der Waals surface area (Å²) < 4.78 is 30.5. The molecule has 0 fully saturated rings. The molecule has 0 aliphatic rings. The fraction of sp³-hybridized carbons (Fsp3) is 0.700. The number of halogens is 2. The molecule has 0 aliphatic heterocycles. The van der Waals surface area contributed by atoms with Crippen molar-refractivity contribution in [3.05, 3.63) is 0 Å². The summed E-state index contributed by atoms with van der Waals surface area (Å²) in [6, 6.07) is -2.07. The minimum Gasteiger partial charge on any atom is -0.480 e. The Morgan fingerprint density at radius 2 is 1.68 bits per heavy atom. The normalized spacial score (nSPS) is 13.5. The Labute approximate surface area is 107 Å². The van der Waals surface area contributed by atoms with E-state index in [0.717, 1.165) is 0 Å². The van der Waals surface area contributed by atoms with Crippen LogP contribution in [0.15, 0.2) is 0 Å². The first-order chi connectivity index (χ1) is 8.35. The molecule has 0 saturated carbocycles. The second-order valence-corrected chi connectivity index (χ2v) is 4.75. The summed E-state index contributed by atoms with van der Waals surface area (Å²) in [5.41, 5.74) is -0.942. The maximum absolute atomic E-state index is 12.9. The smallest absolute Gasteiger partial charge is 0.408 e. The van der Waals surface area contributed by atoms with Gasteiger partial charge in [-0.3, -0.25) is 0 Å². The summed E-state index contributed by atoms with van der Waals surface area (Å²) in [7, 11) is 0. The molecule has 0 bridgehead atoms. The number of alkyl carbamates (subject to hydrolysis) is 1. The van der Waals surface area contributed by atoms with Crippen LogP contribution in [-0.4, -0.2) is 45.8 Å². The van der Waals surface area contributed by atoms with Crippen molar-refractivity contribution in [2.75, 3.05) is 0 Å². The monoisotopic (exact) mass is 283 g/mol. The Morgan fingerprint density at radius 1 is 1.21 bits per heavy atom. The lowest BCUT2D eigenvalue weighted by Crippen LogP contribution is -2.47. The van der Waals surface area contributed by atoms with Crippen molar-refractivity contribution < 1.29 is 38.1 Å². The molecule has 0 aromatic heterocycles. The molecule has 0 saturated heterocycles. The van der Waals surface area contributed by atoms with E-state index in [1.54, 1.807) is 5.32 Å². The molecule has 0 aliphatic carbocycles. The van der Waals surface area contributed by atoms with Gasteiger partial charge in [0, 0.05) is 0 Å². The summed E-state index contributed by atoms with van der Waals surface area (Å²) in [4.78, 5) is 32.2. The van der Waals surface area contributed by atoms with Crippen molar-refractivity contribution in [1.29, 1.82) is 0 Å². The first-order valence-corrected chi connectivity index (χ1v) is 5.18. The summed E-state index contributed by atoms with van der Waals surface area (Å²) in [6.07, 6.45) is -2.79. The highest BCUT2D eigenvalue weighted by Crippen LogP contribution is 2.21. The third kappa shape index (κ3) is 6.53. The molecule has 1 amide bonds. The third-order valence-electron chi connectivity index (χ3n) is 1.76. The number of nitrogens with one attached hydrogen (secondary N) is 1. The van der Waals surface area contributed by atoms with Crippen LogP contribution in [-0.2, 0) is 14.3 Å². The second-order valence-electron chi connectivity index (χ2n) is 4.75. The highest BCUT2D eigenvalue weighted by atomic mass is 19.3. The van der Waals surface area contributed by atoms with Gasteiger partial charge >= 0.3 is 24.0 Å². The highest BCUT2D eigenvalue weighted by molar-refractivity contribution is 5.82. The molecule has 0 heterocycles. The topological polar surface area (TPSA) is 113 Å². The number of carbonyl (C=O) groups is 3. The van der Waals surface area contributed by atoms with Crippen LogP contribution in [0, 0.1) is 0 Å². The average Bonchev–Trinajstić information content (AvgIpc) is 2.12. The summed E-state index contributed by atoms with van der Waals surface area (Å²) in [5.74, 6) is -8.52. The van der Waals surface area contributed by atoms with Crippen LogP contribution >= 0.6 is 0 Å². The van der Waals surface area contributed by atoms with Gasteiger partial charge in [0.05, 0.1) is 6.42 Å². The van der Waals surface area contributed by atoms with Crippen LogP contribution < -0.4 is 5.32 Å². The zero-order valence-electron chi connectivity index (χ0n) is 10.6. The molecule has 110 valence electrons. The predicted molar refractivity (Wildman–Crippen MR) is 58.0 cm³/mol. The van der Waals surface area contributed by atoms with Gasteiger partial charge in [-0.2, -0.15) is 8.78 Å². The lowest BCUT2D eigenvalue weighted by atomic mass is 10.1. The van der Waals surface area contributed by atoms with Gasteiger partial charge in [0.1, 0.15) is 11.6 Å². The fourth-order valence-corrected chi connectivity index (χ4v) is 0.994. The third-order valence-corrected chi connectivity index (χ3v) is 1.76. The van der Waals surface area contributed by atoms with Crippen molar-refractivity contribution in [3.63, 3.8) is 0 Å². The van der Waals surface area contributed by atoms with Gasteiger partial charge in [0.25, 0.3) is 0 Å². The molecule has 0 aromatic carbocycles. The van der Waals surface area contributed by atoms with Crippen molar-refractivity contribution in [3.8, 4) is 0 Å². The van der Waals surface area contributed by atoms with E-state index in [9.17, 15) is 23.2 Å². The molecule has 9 heteroatoms. The molecule has 7 nitrogen and oxygen atoms in total. The minimum absolute atomic E-state index is 0.942. The van der Waals surface area contributed by atoms with Crippen molar-refractivity contribution in [1.82, 2.24) is 5.32 Å². The molecule has 0 radical (unpaired) electrons. The number of amides is 1. The van der Waals surface area contributed by atoms with Gasteiger partial charge in [0.15, 0.2) is 0 Å². The van der Waals surface area contributed by atoms with E-state index in [1.165, 1.54) is 20.8 Å². The molecule has 19 heavy (non-hydrogen) atoms. The van der Waals surface area contributed by atoms with Gasteiger partial charge in [0.2, 0.25) is 0 Å². The molecule has 3 N–H and O–H groups in total. The van der Waals surface area contributed by atoms with E-state index in [0.29, 0.717) is 0 Å². The van der Waals surface area contributed by atoms with E-state index in [4.69, 9.17) is 10.2 Å². The molecule has 0 aromatic rings. The number of hydrogen-bond donors (Lipinski definition) is 3. The maximum Gasteiger partial charge on any atom is 0.408 e. The number of alkyl halides is 2. The molecule has 0 rings (SSSR count). The number of carbonyl (C=O) groups excluding carboxylic acids is 1. The van der Waals surface area contributed by atoms with Crippen LogP contribution in [0.3, 0.4) is 0 Å². The van der Waals surface area contributed by atoms with Gasteiger partial charge in [-0.25, -0.2) is 14.4 Å². The van der Waals surface area contributed by atoms with E-state index in [-0.39, 0.29) is 0 Å². The number of ether oxygens (including phenoxy) is 1. The van der Waals surface area contributed by atoms with Crippen LogP contribution in [0.2, 0.25) is 0 Å². The summed E-state index contributed by atoms with van der Waals surface area (Å²) in [5, 5.41) is 18.6. The SMILES string of the molecule is CC(C)(C)OC(=O)N[C@@H](CC(F)(F)C(=O)O)C(=O)O. The van der Waals surface area contributed by atoms with Crippen LogP contribution in [0.25, 0.3) is 0 Å². The Bertz CT molecular complexity index is 377. The van der Waals surface area contributed by atoms with Gasteiger partial charge in [-0.1, -0.05) is 0 Å². The zero-order valence-corrected chi connectivity index (χ0v) is 10.6. The molecule has 1 atom stereocenters. The number of rotatable bonds is 5. The van der Waals surface area contributed by atoms with Crippen LogP contribution in [0.1, 0.15) is 27.2 Å². The Hall–Kier alpha value is -1.93. The van der Waals surface area contributed by atoms with Crippen molar-refractivity contribution in [2.24, 2.45) is 0 Å². The largest absolute Gasteiger partial charge is 0.480 e. The van der Waals surface area contributed by atoms with Gasteiger partial charge in [-0.15, -0.1) is 0 Å². The van der Waals surface area contributed by atoms with E-state index >= 15 is 0 Å². The van der Waals surface area contributed by atoms with Crippen LogP contribution in [0.4, 0.5) is 13.6 Å². The van der Waals surface area contributed by atoms with Crippen molar-refractivity contribution >= 4 is 18.0 Å². The molecule has 0 spiro atoms. The van der Waals surface area contributed by atoms with E-state index < -0.39 is 42.0 Å². The predicted octanol–water partition coefficient (Wildman–Crippen LogP) is 1.07. The van der Waals surface area contributed by atoms with Crippen molar-refractivity contribution in [2.45, 2.75) is 44.8 Å². The number of hydrogen-bond acceptors (Lipinski definition) is 4. The fourth-order valence-electron chi connectivity index (χ4n) is 0.994. The van der Waals surface area contributed by atoms with Gasteiger partial charge < -0.3 is 20.3 Å². The second kappa shape index (κ2) is 5.81. The van der Waals surface area contributed by atoms with Crippen LogP contribution in [0.5, 0.6) is 0 Å². The Balaban J connectivity index is 4.74. The standard InChI is InChI=1S/C10H15F2NO6/c1-9(2,3)19-8(18)13-5(6(14)15)4-10(11,12)7(16)17/h5H,4H2,1-3H3,(H,13,18)(H,14,15)(H,16,17)/t5-/m0/s1. The lowest BCUT2D eigenvalue weighted by Gasteiger charge is -2.23. The van der Waals surface area contributed by atoms with Gasteiger partial charge in [-0.05, 0) is 20.8 Å². The Kier molecular flexibility index (Phi) is 5.22.